The number of nitrogens with zero attached hydrogens (tertiary/aromatic N) is 2. The van der Waals surface area contributed by atoms with Gasteiger partial charge >= 0.3 is 0 Å². The van der Waals surface area contributed by atoms with E-state index in [1.54, 1.807) is 60.7 Å². The summed E-state index contributed by atoms with van der Waals surface area (Å²) < 4.78 is 11.3. The second-order valence-electron chi connectivity index (χ2n) is 5.90. The van der Waals surface area contributed by atoms with E-state index in [0.717, 1.165) is 11.1 Å². The third-order valence-corrected chi connectivity index (χ3v) is 4.21. The SMILES string of the molecule is N#C/C(=C/c1ccc(OCCOc2ccc(/C=C(/C#N)C(N)=S)cc2)cc1)C(N)=S. The Morgan fingerprint density at radius 3 is 1.33 bits per heavy atom. The second-order valence-corrected chi connectivity index (χ2v) is 6.78. The molecule has 2 rings (SSSR count). The van der Waals surface area contributed by atoms with Gasteiger partial charge in [0.05, 0.1) is 11.1 Å². The molecule has 150 valence electrons. The Balaban J connectivity index is 1.84. The van der Waals surface area contributed by atoms with E-state index in [-0.39, 0.29) is 21.1 Å². The molecule has 0 aliphatic heterocycles. The lowest BCUT2D eigenvalue weighted by atomic mass is 10.1. The molecule has 0 fully saturated rings. The van der Waals surface area contributed by atoms with Crippen LogP contribution in [0, 0.1) is 22.7 Å². The molecular weight excluding hydrogens is 416 g/mol. The Hall–Kier alpha value is -3.72. The van der Waals surface area contributed by atoms with Crippen molar-refractivity contribution in [1.82, 2.24) is 0 Å². The Kier molecular flexibility index (Phi) is 8.52. The van der Waals surface area contributed by atoms with Gasteiger partial charge in [-0.15, -0.1) is 0 Å². The first-order chi connectivity index (χ1) is 14.4. The van der Waals surface area contributed by atoms with Crippen molar-refractivity contribution in [2.75, 3.05) is 13.2 Å². The van der Waals surface area contributed by atoms with Crippen LogP contribution in [0.1, 0.15) is 11.1 Å². The first-order valence-electron chi connectivity index (χ1n) is 8.72. The lowest BCUT2D eigenvalue weighted by Gasteiger charge is -2.09. The minimum atomic E-state index is 0.0624. The van der Waals surface area contributed by atoms with Crippen molar-refractivity contribution in [3.63, 3.8) is 0 Å². The Morgan fingerprint density at radius 1 is 0.733 bits per heavy atom. The number of hydrogen-bond acceptors (Lipinski definition) is 6. The molecule has 0 radical (unpaired) electrons. The molecule has 30 heavy (non-hydrogen) atoms. The van der Waals surface area contributed by atoms with E-state index in [0.29, 0.717) is 24.7 Å². The summed E-state index contributed by atoms with van der Waals surface area (Å²) in [5, 5.41) is 18.0. The van der Waals surface area contributed by atoms with Crippen LogP contribution >= 0.6 is 24.4 Å². The van der Waals surface area contributed by atoms with E-state index < -0.39 is 0 Å². The Morgan fingerprint density at radius 2 is 1.07 bits per heavy atom. The van der Waals surface area contributed by atoms with Crippen LogP contribution in [0.25, 0.3) is 12.2 Å². The molecule has 0 aliphatic rings. The zero-order chi connectivity index (χ0) is 21.9. The standard InChI is InChI=1S/C22H18N4O2S2/c23-13-17(21(25)29)11-15-1-5-19(6-2-15)27-9-10-28-20-7-3-16(4-8-20)12-18(14-24)22(26)30/h1-8,11-12H,9-10H2,(H2,25,29)(H2,26,30)/b17-11-,18-12-. The van der Waals surface area contributed by atoms with E-state index in [1.165, 1.54) is 0 Å². The van der Waals surface area contributed by atoms with Crippen LogP contribution in [0.15, 0.2) is 59.7 Å². The monoisotopic (exact) mass is 434 g/mol. The highest BCUT2D eigenvalue weighted by Gasteiger charge is 2.02. The van der Waals surface area contributed by atoms with Crippen molar-refractivity contribution in [1.29, 1.82) is 10.5 Å². The summed E-state index contributed by atoms with van der Waals surface area (Å²) >= 11 is 9.63. The van der Waals surface area contributed by atoms with Gasteiger partial charge in [-0.3, -0.25) is 0 Å². The van der Waals surface area contributed by atoms with Gasteiger partial charge in [-0.05, 0) is 47.5 Å². The van der Waals surface area contributed by atoms with Crippen molar-refractivity contribution in [3.8, 4) is 23.6 Å². The van der Waals surface area contributed by atoms with Crippen molar-refractivity contribution >= 4 is 46.6 Å². The van der Waals surface area contributed by atoms with Crippen LogP contribution < -0.4 is 20.9 Å². The fraction of sp³-hybridized carbons (Fsp3) is 0.0909. The molecule has 0 saturated carbocycles. The maximum atomic E-state index is 8.99. The van der Waals surface area contributed by atoms with Gasteiger partial charge in [-0.25, -0.2) is 0 Å². The van der Waals surface area contributed by atoms with Gasteiger partial charge < -0.3 is 20.9 Å². The molecule has 0 heterocycles. The molecule has 6 nitrogen and oxygen atoms in total. The summed E-state index contributed by atoms with van der Waals surface area (Å²) in [6.07, 6.45) is 3.24. The minimum Gasteiger partial charge on any atom is -0.490 e. The summed E-state index contributed by atoms with van der Waals surface area (Å²) in [5.74, 6) is 1.35. The number of rotatable bonds is 9. The Labute approximate surface area is 185 Å². The van der Waals surface area contributed by atoms with Crippen LogP contribution in [0.5, 0.6) is 11.5 Å². The second kappa shape index (κ2) is 11.3. The highest BCUT2D eigenvalue weighted by molar-refractivity contribution is 7.81. The molecule has 0 aromatic heterocycles. The third-order valence-electron chi connectivity index (χ3n) is 3.77. The predicted molar refractivity (Wildman–Crippen MR) is 125 cm³/mol. The molecule has 0 aliphatic carbocycles. The number of nitrogens with two attached hydrogens (primary N) is 2. The quantitative estimate of drug-likeness (QED) is 0.266. The summed E-state index contributed by atoms with van der Waals surface area (Å²) in [5.41, 5.74) is 13.1. The average molecular weight is 435 g/mol. The van der Waals surface area contributed by atoms with Gasteiger partial charge in [0, 0.05) is 0 Å². The number of nitriles is 2. The normalized spacial score (nSPS) is 11.1. The van der Waals surface area contributed by atoms with E-state index in [2.05, 4.69) is 0 Å². The highest BCUT2D eigenvalue weighted by atomic mass is 32.1. The molecule has 4 N–H and O–H groups in total. The molecule has 2 aromatic carbocycles. The summed E-state index contributed by atoms with van der Waals surface area (Å²) in [7, 11) is 0. The van der Waals surface area contributed by atoms with Gasteiger partial charge in [-0.2, -0.15) is 10.5 Å². The lowest BCUT2D eigenvalue weighted by molar-refractivity contribution is 0.217. The zero-order valence-electron chi connectivity index (χ0n) is 15.9. The highest BCUT2D eigenvalue weighted by Crippen LogP contribution is 2.16. The van der Waals surface area contributed by atoms with E-state index >= 15 is 0 Å². The molecule has 0 amide bonds. The van der Waals surface area contributed by atoms with Gasteiger partial charge in [0.1, 0.15) is 46.8 Å². The maximum Gasteiger partial charge on any atom is 0.122 e. The molecule has 0 spiro atoms. The van der Waals surface area contributed by atoms with Gasteiger partial charge in [-0.1, -0.05) is 48.7 Å². The molecule has 0 bridgehead atoms. The summed E-state index contributed by atoms with van der Waals surface area (Å²) in [4.78, 5) is 0.125. The molecule has 8 heteroatoms. The predicted octanol–water partition coefficient (Wildman–Crippen LogP) is 3.53. The van der Waals surface area contributed by atoms with Crippen molar-refractivity contribution in [2.24, 2.45) is 11.5 Å². The van der Waals surface area contributed by atoms with Crippen LogP contribution in [0.2, 0.25) is 0 Å². The third kappa shape index (κ3) is 7.02. The fourth-order valence-corrected chi connectivity index (χ4v) is 2.50. The number of thiocarbonyl (C=S) groups is 2. The molecule has 0 unspecified atom stereocenters. The van der Waals surface area contributed by atoms with Crippen molar-refractivity contribution in [2.45, 2.75) is 0 Å². The molecule has 2 aromatic rings. The number of hydrogen-bond donors (Lipinski definition) is 2. The number of benzene rings is 2. The zero-order valence-corrected chi connectivity index (χ0v) is 17.5. The van der Waals surface area contributed by atoms with Crippen LogP contribution in [0.3, 0.4) is 0 Å². The van der Waals surface area contributed by atoms with Crippen molar-refractivity contribution in [3.05, 3.63) is 70.8 Å². The topological polar surface area (TPSA) is 118 Å². The minimum absolute atomic E-state index is 0.0624. The summed E-state index contributed by atoms with van der Waals surface area (Å²) in [6.45, 7) is 0.709. The largest absolute Gasteiger partial charge is 0.490 e. The van der Waals surface area contributed by atoms with Crippen molar-refractivity contribution < 1.29 is 9.47 Å². The first-order valence-corrected chi connectivity index (χ1v) is 9.53. The average Bonchev–Trinajstić information content (AvgIpc) is 2.74. The Bertz CT molecular complexity index is 973. The van der Waals surface area contributed by atoms with Crippen LogP contribution in [-0.4, -0.2) is 23.2 Å². The summed E-state index contributed by atoms with van der Waals surface area (Å²) in [6, 6.07) is 18.3. The van der Waals surface area contributed by atoms with Gasteiger partial charge in [0.15, 0.2) is 0 Å². The molecular formula is C22H18N4O2S2. The van der Waals surface area contributed by atoms with E-state index in [4.69, 9.17) is 55.9 Å². The maximum absolute atomic E-state index is 8.99. The van der Waals surface area contributed by atoms with Gasteiger partial charge in [0.25, 0.3) is 0 Å². The first kappa shape index (κ1) is 22.6. The van der Waals surface area contributed by atoms with Crippen LogP contribution in [-0.2, 0) is 0 Å². The van der Waals surface area contributed by atoms with E-state index in [1.807, 2.05) is 12.1 Å². The fourth-order valence-electron chi connectivity index (χ4n) is 2.29. The molecule has 0 saturated heterocycles. The molecule has 0 atom stereocenters. The van der Waals surface area contributed by atoms with Crippen LogP contribution in [0.4, 0.5) is 0 Å². The smallest absolute Gasteiger partial charge is 0.122 e. The van der Waals surface area contributed by atoms with Gasteiger partial charge in [0.2, 0.25) is 0 Å². The number of ether oxygens (including phenoxy) is 2. The van der Waals surface area contributed by atoms with E-state index in [9.17, 15) is 0 Å². The lowest BCUT2D eigenvalue weighted by Crippen LogP contribution is -2.10.